The average Bonchev–Trinajstić information content (AvgIpc) is 2.41. The second-order valence-electron chi connectivity index (χ2n) is 3.54. The fourth-order valence-electron chi connectivity index (χ4n) is 1.40. The van der Waals surface area contributed by atoms with Crippen LogP contribution >= 0.6 is 0 Å². The molecule has 2 aromatic rings. The summed E-state index contributed by atoms with van der Waals surface area (Å²) < 4.78 is 0. The summed E-state index contributed by atoms with van der Waals surface area (Å²) in [7, 11) is 0. The third-order valence-corrected chi connectivity index (χ3v) is 2.20. The van der Waals surface area contributed by atoms with Gasteiger partial charge in [0.05, 0.1) is 30.0 Å². The van der Waals surface area contributed by atoms with Gasteiger partial charge in [-0.2, -0.15) is 0 Å². The van der Waals surface area contributed by atoms with E-state index in [1.807, 2.05) is 13.0 Å². The SMILES string of the molecule is CCNc1ccc(C(=O)Nc2cncnc2)nc1. The van der Waals surface area contributed by atoms with E-state index in [-0.39, 0.29) is 5.91 Å². The van der Waals surface area contributed by atoms with E-state index < -0.39 is 0 Å². The molecule has 18 heavy (non-hydrogen) atoms. The summed E-state index contributed by atoms with van der Waals surface area (Å²) >= 11 is 0. The average molecular weight is 243 g/mol. The van der Waals surface area contributed by atoms with Gasteiger partial charge >= 0.3 is 0 Å². The van der Waals surface area contributed by atoms with Crippen LogP contribution in [0.5, 0.6) is 0 Å². The van der Waals surface area contributed by atoms with Crippen molar-refractivity contribution in [2.24, 2.45) is 0 Å². The lowest BCUT2D eigenvalue weighted by Gasteiger charge is -2.05. The number of carbonyl (C=O) groups is 1. The highest BCUT2D eigenvalue weighted by atomic mass is 16.1. The molecule has 0 aromatic carbocycles. The van der Waals surface area contributed by atoms with E-state index in [9.17, 15) is 4.79 Å². The normalized spacial score (nSPS) is 9.83. The molecule has 92 valence electrons. The van der Waals surface area contributed by atoms with Crippen molar-refractivity contribution in [3.8, 4) is 0 Å². The number of aromatic nitrogens is 3. The van der Waals surface area contributed by atoms with Crippen LogP contribution in [0.25, 0.3) is 0 Å². The first-order valence-corrected chi connectivity index (χ1v) is 5.56. The molecule has 0 radical (unpaired) electrons. The molecule has 0 bridgehead atoms. The van der Waals surface area contributed by atoms with Gasteiger partial charge in [-0.25, -0.2) is 15.0 Å². The van der Waals surface area contributed by atoms with E-state index in [0.29, 0.717) is 11.4 Å². The molecule has 0 aliphatic carbocycles. The fourth-order valence-corrected chi connectivity index (χ4v) is 1.40. The first kappa shape index (κ1) is 12.0. The molecule has 1 amide bonds. The van der Waals surface area contributed by atoms with Crippen molar-refractivity contribution in [1.82, 2.24) is 15.0 Å². The van der Waals surface area contributed by atoms with Crippen molar-refractivity contribution in [2.75, 3.05) is 17.2 Å². The molecule has 0 fully saturated rings. The summed E-state index contributed by atoms with van der Waals surface area (Å²) in [5, 5.41) is 5.77. The molecule has 0 atom stereocenters. The van der Waals surface area contributed by atoms with Gasteiger partial charge in [-0.3, -0.25) is 4.79 Å². The maximum Gasteiger partial charge on any atom is 0.274 e. The lowest BCUT2D eigenvalue weighted by Crippen LogP contribution is -2.14. The Morgan fingerprint density at radius 2 is 1.94 bits per heavy atom. The molecule has 0 saturated heterocycles. The smallest absolute Gasteiger partial charge is 0.274 e. The van der Waals surface area contributed by atoms with Crippen molar-refractivity contribution >= 4 is 17.3 Å². The molecule has 2 aromatic heterocycles. The molecule has 0 aliphatic rings. The van der Waals surface area contributed by atoms with Crippen LogP contribution in [0, 0.1) is 0 Å². The van der Waals surface area contributed by atoms with E-state index in [0.717, 1.165) is 12.2 Å². The Bertz CT molecular complexity index is 512. The van der Waals surface area contributed by atoms with Crippen molar-refractivity contribution in [2.45, 2.75) is 6.92 Å². The molecule has 0 spiro atoms. The van der Waals surface area contributed by atoms with Crippen LogP contribution in [0.4, 0.5) is 11.4 Å². The Hall–Kier alpha value is -2.50. The molecule has 0 saturated carbocycles. The number of pyridine rings is 1. The molecule has 0 unspecified atom stereocenters. The van der Waals surface area contributed by atoms with Crippen LogP contribution in [0.2, 0.25) is 0 Å². The highest BCUT2D eigenvalue weighted by Crippen LogP contribution is 2.08. The zero-order chi connectivity index (χ0) is 12.8. The number of hydrogen-bond acceptors (Lipinski definition) is 5. The number of hydrogen-bond donors (Lipinski definition) is 2. The molecule has 2 rings (SSSR count). The predicted octanol–water partition coefficient (Wildman–Crippen LogP) is 1.56. The van der Waals surface area contributed by atoms with E-state index in [4.69, 9.17) is 0 Å². The second-order valence-corrected chi connectivity index (χ2v) is 3.54. The summed E-state index contributed by atoms with van der Waals surface area (Å²) in [6.45, 7) is 2.81. The standard InChI is InChI=1S/C12H13N5O/c1-2-15-9-3-4-11(16-7-9)12(18)17-10-5-13-8-14-6-10/h3-8,15H,2H2,1H3,(H,17,18). The van der Waals surface area contributed by atoms with Crippen molar-refractivity contribution < 1.29 is 4.79 Å². The van der Waals surface area contributed by atoms with E-state index in [1.165, 1.54) is 18.7 Å². The van der Waals surface area contributed by atoms with Gasteiger partial charge in [-0.1, -0.05) is 0 Å². The van der Waals surface area contributed by atoms with Crippen LogP contribution < -0.4 is 10.6 Å². The summed E-state index contributed by atoms with van der Waals surface area (Å²) in [5.41, 5.74) is 1.78. The Morgan fingerprint density at radius 1 is 1.17 bits per heavy atom. The zero-order valence-electron chi connectivity index (χ0n) is 9.92. The van der Waals surface area contributed by atoms with Crippen molar-refractivity contribution in [3.05, 3.63) is 42.7 Å². The van der Waals surface area contributed by atoms with Crippen molar-refractivity contribution in [1.29, 1.82) is 0 Å². The Morgan fingerprint density at radius 3 is 2.56 bits per heavy atom. The maximum absolute atomic E-state index is 11.8. The van der Waals surface area contributed by atoms with E-state index >= 15 is 0 Å². The van der Waals surface area contributed by atoms with Crippen molar-refractivity contribution in [3.63, 3.8) is 0 Å². The van der Waals surface area contributed by atoms with Gasteiger partial charge in [-0.15, -0.1) is 0 Å². The maximum atomic E-state index is 11.8. The number of carbonyl (C=O) groups excluding carboxylic acids is 1. The summed E-state index contributed by atoms with van der Waals surface area (Å²) in [6, 6.07) is 3.48. The minimum atomic E-state index is -0.284. The summed E-state index contributed by atoms with van der Waals surface area (Å²) in [4.78, 5) is 23.5. The van der Waals surface area contributed by atoms with E-state index in [1.54, 1.807) is 12.3 Å². The quantitative estimate of drug-likeness (QED) is 0.851. The number of rotatable bonds is 4. The first-order valence-electron chi connectivity index (χ1n) is 5.56. The van der Waals surface area contributed by atoms with E-state index in [2.05, 4.69) is 25.6 Å². The van der Waals surface area contributed by atoms with Gasteiger partial charge in [-0.05, 0) is 19.1 Å². The largest absolute Gasteiger partial charge is 0.384 e. The Labute approximate surface area is 105 Å². The topological polar surface area (TPSA) is 79.8 Å². The summed E-state index contributed by atoms with van der Waals surface area (Å²) in [5.74, 6) is -0.284. The van der Waals surface area contributed by atoms with Gasteiger partial charge in [0.1, 0.15) is 12.0 Å². The van der Waals surface area contributed by atoms with Gasteiger partial charge in [0, 0.05) is 6.54 Å². The number of amides is 1. The van der Waals surface area contributed by atoms with Gasteiger partial charge < -0.3 is 10.6 Å². The molecular formula is C12H13N5O. The highest BCUT2D eigenvalue weighted by Gasteiger charge is 2.07. The lowest BCUT2D eigenvalue weighted by atomic mass is 10.3. The Kier molecular flexibility index (Phi) is 3.80. The lowest BCUT2D eigenvalue weighted by molar-refractivity contribution is 0.102. The number of nitrogens with one attached hydrogen (secondary N) is 2. The number of anilines is 2. The Balaban J connectivity index is 2.05. The minimum Gasteiger partial charge on any atom is -0.384 e. The highest BCUT2D eigenvalue weighted by molar-refractivity contribution is 6.02. The molecular weight excluding hydrogens is 230 g/mol. The summed E-state index contributed by atoms with van der Waals surface area (Å²) in [6.07, 6.45) is 6.08. The number of nitrogens with zero attached hydrogens (tertiary/aromatic N) is 3. The minimum absolute atomic E-state index is 0.284. The van der Waals surface area contributed by atoms with Crippen LogP contribution in [0.15, 0.2) is 37.1 Å². The van der Waals surface area contributed by atoms with Gasteiger partial charge in [0.15, 0.2) is 0 Å². The first-order chi connectivity index (χ1) is 8.79. The third-order valence-electron chi connectivity index (χ3n) is 2.20. The predicted molar refractivity (Wildman–Crippen MR) is 68.4 cm³/mol. The van der Waals surface area contributed by atoms with Crippen LogP contribution in [-0.2, 0) is 0 Å². The fraction of sp³-hybridized carbons (Fsp3) is 0.167. The molecule has 2 heterocycles. The van der Waals surface area contributed by atoms with Gasteiger partial charge in [0.2, 0.25) is 0 Å². The second kappa shape index (κ2) is 5.72. The third kappa shape index (κ3) is 3.00. The van der Waals surface area contributed by atoms with Crippen LogP contribution in [0.1, 0.15) is 17.4 Å². The molecule has 6 heteroatoms. The molecule has 6 nitrogen and oxygen atoms in total. The monoisotopic (exact) mass is 243 g/mol. The van der Waals surface area contributed by atoms with Crippen LogP contribution in [-0.4, -0.2) is 27.4 Å². The van der Waals surface area contributed by atoms with Gasteiger partial charge in [0.25, 0.3) is 5.91 Å². The van der Waals surface area contributed by atoms with Crippen LogP contribution in [0.3, 0.4) is 0 Å². The molecule has 2 N–H and O–H groups in total. The molecule has 0 aliphatic heterocycles. The zero-order valence-corrected chi connectivity index (χ0v) is 9.92.